The van der Waals surface area contributed by atoms with E-state index in [-0.39, 0.29) is 0 Å². The van der Waals surface area contributed by atoms with Crippen molar-refractivity contribution in [3.05, 3.63) is 35.4 Å². The third-order valence-electron chi connectivity index (χ3n) is 5.99. The molecule has 0 spiro atoms. The summed E-state index contributed by atoms with van der Waals surface area (Å²) >= 11 is 6.09. The number of hydrogen-bond acceptors (Lipinski definition) is 3. The molecule has 4 heteroatoms. The number of pyridine rings is 1. The molecule has 0 amide bonds. The number of anilines is 1. The molecule has 2 atom stereocenters. The minimum Gasteiger partial charge on any atom is -0.356 e. The van der Waals surface area contributed by atoms with E-state index in [2.05, 4.69) is 49.9 Å². The van der Waals surface area contributed by atoms with E-state index in [1.807, 2.05) is 18.2 Å². The summed E-state index contributed by atoms with van der Waals surface area (Å²) in [6, 6.07) is 10.2. The van der Waals surface area contributed by atoms with Gasteiger partial charge in [0.1, 0.15) is 5.82 Å². The van der Waals surface area contributed by atoms with Gasteiger partial charge >= 0.3 is 0 Å². The first-order valence-electron chi connectivity index (χ1n) is 8.75. The molecule has 1 aliphatic heterocycles. The molecule has 1 saturated carbocycles. The third-order valence-corrected chi connectivity index (χ3v) is 6.23. The molecule has 3 nitrogen and oxygen atoms in total. The number of nitrogens with zero attached hydrogens (tertiary/aromatic N) is 3. The van der Waals surface area contributed by atoms with E-state index in [1.54, 1.807) is 0 Å². The lowest BCUT2D eigenvalue weighted by molar-refractivity contribution is -0.0787. The van der Waals surface area contributed by atoms with Crippen molar-refractivity contribution in [2.75, 3.05) is 38.6 Å². The Kier molecular flexibility index (Phi) is 3.59. The van der Waals surface area contributed by atoms with Crippen LogP contribution in [0, 0.1) is 16.7 Å². The first kappa shape index (κ1) is 16.2. The topological polar surface area (TPSA) is 19.4 Å². The van der Waals surface area contributed by atoms with Crippen molar-refractivity contribution in [3.8, 4) is 0 Å². The number of halogens is 1. The Bertz CT molecular complexity index is 782. The minimum absolute atomic E-state index is 0.420. The van der Waals surface area contributed by atoms with Crippen LogP contribution in [0.15, 0.2) is 30.3 Å². The second-order valence-corrected chi connectivity index (χ2v) is 9.14. The van der Waals surface area contributed by atoms with E-state index in [0.29, 0.717) is 10.8 Å². The maximum Gasteiger partial charge on any atom is 0.129 e. The summed E-state index contributed by atoms with van der Waals surface area (Å²) < 4.78 is 0. The van der Waals surface area contributed by atoms with Gasteiger partial charge in [0.25, 0.3) is 0 Å². The van der Waals surface area contributed by atoms with Crippen LogP contribution in [0.5, 0.6) is 0 Å². The van der Waals surface area contributed by atoms with Crippen LogP contribution >= 0.6 is 11.6 Å². The Balaban J connectivity index is 1.65. The molecule has 0 radical (unpaired) electrons. The fraction of sp³-hybridized carbons (Fsp3) is 0.550. The van der Waals surface area contributed by atoms with Crippen LogP contribution in [0.3, 0.4) is 0 Å². The molecule has 128 valence electrons. The fourth-order valence-electron chi connectivity index (χ4n) is 5.41. The number of rotatable bonds is 3. The van der Waals surface area contributed by atoms with Crippen LogP contribution in [-0.4, -0.2) is 43.6 Å². The molecule has 1 aromatic carbocycles. The maximum atomic E-state index is 6.09. The predicted octanol–water partition coefficient (Wildman–Crippen LogP) is 4.30. The van der Waals surface area contributed by atoms with E-state index in [4.69, 9.17) is 16.6 Å². The van der Waals surface area contributed by atoms with Gasteiger partial charge in [0.05, 0.1) is 5.52 Å². The summed E-state index contributed by atoms with van der Waals surface area (Å²) in [7, 11) is 4.38. The average molecular weight is 344 g/mol. The zero-order valence-electron chi connectivity index (χ0n) is 15.0. The van der Waals surface area contributed by atoms with Gasteiger partial charge in [0.15, 0.2) is 0 Å². The average Bonchev–Trinajstić information content (AvgIpc) is 2.80. The SMILES string of the molecule is CN(C)C[C@@]12CN(c3ccc4cc(Cl)ccc4n3)C[C@@H]1C(C)(C)C2. The molecule has 2 aliphatic rings. The number of aromatic nitrogens is 1. The Morgan fingerprint density at radius 1 is 1.25 bits per heavy atom. The van der Waals surface area contributed by atoms with Crippen LogP contribution in [0.1, 0.15) is 20.3 Å². The Morgan fingerprint density at radius 2 is 2.04 bits per heavy atom. The first-order chi connectivity index (χ1) is 11.3. The zero-order valence-corrected chi connectivity index (χ0v) is 15.8. The molecule has 0 N–H and O–H groups in total. The minimum atomic E-state index is 0.420. The van der Waals surface area contributed by atoms with Crippen LogP contribution in [0.4, 0.5) is 5.82 Å². The van der Waals surface area contributed by atoms with Gasteiger partial charge in [-0.3, -0.25) is 0 Å². The molecule has 2 fully saturated rings. The molecule has 1 aliphatic carbocycles. The molecular formula is C20H26ClN3. The summed E-state index contributed by atoms with van der Waals surface area (Å²) in [5.74, 6) is 1.85. The molecule has 4 rings (SSSR count). The van der Waals surface area contributed by atoms with Crippen molar-refractivity contribution in [1.82, 2.24) is 9.88 Å². The Hall–Kier alpha value is -1.32. The molecule has 0 bridgehead atoms. The van der Waals surface area contributed by atoms with E-state index in [1.165, 1.54) is 13.0 Å². The number of hydrogen-bond donors (Lipinski definition) is 0. The highest BCUT2D eigenvalue weighted by atomic mass is 35.5. The maximum absolute atomic E-state index is 6.09. The van der Waals surface area contributed by atoms with Gasteiger partial charge in [0, 0.05) is 35.5 Å². The highest BCUT2D eigenvalue weighted by Crippen LogP contribution is 2.63. The van der Waals surface area contributed by atoms with E-state index in [9.17, 15) is 0 Å². The van der Waals surface area contributed by atoms with Crippen LogP contribution in [0.25, 0.3) is 10.9 Å². The highest BCUT2D eigenvalue weighted by molar-refractivity contribution is 6.31. The van der Waals surface area contributed by atoms with Gasteiger partial charge in [-0.1, -0.05) is 25.4 Å². The van der Waals surface area contributed by atoms with E-state index in [0.717, 1.165) is 40.8 Å². The number of benzene rings is 1. The lowest BCUT2D eigenvalue weighted by Crippen LogP contribution is -2.57. The van der Waals surface area contributed by atoms with Gasteiger partial charge < -0.3 is 9.80 Å². The largest absolute Gasteiger partial charge is 0.356 e. The Morgan fingerprint density at radius 3 is 2.75 bits per heavy atom. The third kappa shape index (κ3) is 2.49. The van der Waals surface area contributed by atoms with Crippen molar-refractivity contribution in [2.45, 2.75) is 20.3 Å². The molecule has 0 unspecified atom stereocenters. The predicted molar refractivity (Wildman–Crippen MR) is 102 cm³/mol. The molecule has 1 aromatic heterocycles. The second-order valence-electron chi connectivity index (χ2n) is 8.71. The molecule has 24 heavy (non-hydrogen) atoms. The van der Waals surface area contributed by atoms with Gasteiger partial charge in [0.2, 0.25) is 0 Å². The zero-order chi connectivity index (χ0) is 17.1. The number of fused-ring (bicyclic) bond motifs is 2. The van der Waals surface area contributed by atoms with Gasteiger partial charge in [-0.2, -0.15) is 0 Å². The summed E-state index contributed by atoms with van der Waals surface area (Å²) in [5.41, 5.74) is 1.88. The van der Waals surface area contributed by atoms with Crippen molar-refractivity contribution in [1.29, 1.82) is 0 Å². The van der Waals surface area contributed by atoms with Crippen LogP contribution in [0.2, 0.25) is 5.02 Å². The quantitative estimate of drug-likeness (QED) is 0.828. The van der Waals surface area contributed by atoms with Crippen molar-refractivity contribution < 1.29 is 0 Å². The highest BCUT2D eigenvalue weighted by Gasteiger charge is 2.62. The van der Waals surface area contributed by atoms with Crippen LogP contribution in [-0.2, 0) is 0 Å². The summed E-state index contributed by atoms with van der Waals surface area (Å²) in [6.07, 6.45) is 1.31. The normalized spacial score (nSPS) is 28.2. The second kappa shape index (κ2) is 5.34. The lowest BCUT2D eigenvalue weighted by atomic mass is 9.48. The monoisotopic (exact) mass is 343 g/mol. The molecule has 2 heterocycles. The Labute approximate surface area is 149 Å². The van der Waals surface area contributed by atoms with E-state index >= 15 is 0 Å². The van der Waals surface area contributed by atoms with Crippen LogP contribution < -0.4 is 4.90 Å². The van der Waals surface area contributed by atoms with Crippen molar-refractivity contribution in [3.63, 3.8) is 0 Å². The molecule has 1 saturated heterocycles. The summed E-state index contributed by atoms with van der Waals surface area (Å²) in [5, 5.41) is 1.87. The summed E-state index contributed by atoms with van der Waals surface area (Å²) in [6.45, 7) is 8.24. The van der Waals surface area contributed by atoms with Gasteiger partial charge in [-0.05, 0) is 62.2 Å². The van der Waals surface area contributed by atoms with Crippen molar-refractivity contribution in [2.24, 2.45) is 16.7 Å². The summed E-state index contributed by atoms with van der Waals surface area (Å²) in [4.78, 5) is 9.75. The van der Waals surface area contributed by atoms with Crippen molar-refractivity contribution >= 4 is 28.3 Å². The molecule has 2 aromatic rings. The molecular weight excluding hydrogens is 318 g/mol. The van der Waals surface area contributed by atoms with Gasteiger partial charge in [-0.15, -0.1) is 0 Å². The lowest BCUT2D eigenvalue weighted by Gasteiger charge is -2.57. The van der Waals surface area contributed by atoms with Gasteiger partial charge in [-0.25, -0.2) is 4.98 Å². The standard InChI is InChI=1S/C20H26ClN3/c1-19(2)11-20(12-23(3)4)13-24(10-17(19)20)18-8-5-14-9-15(21)6-7-16(14)22-18/h5-9,17H,10-13H2,1-4H3/t17-,20+/m1/s1. The first-order valence-corrected chi connectivity index (χ1v) is 9.13. The van der Waals surface area contributed by atoms with E-state index < -0.39 is 0 Å². The fourth-order valence-corrected chi connectivity index (χ4v) is 5.59. The smallest absolute Gasteiger partial charge is 0.129 e.